The smallest absolute Gasteiger partial charge is 0.226 e. The average molecular weight is 319 g/mol. The third-order valence-electron chi connectivity index (χ3n) is 2.93. The van der Waals surface area contributed by atoms with Gasteiger partial charge in [0.05, 0.1) is 12.1 Å². The highest BCUT2D eigenvalue weighted by Crippen LogP contribution is 2.15. The van der Waals surface area contributed by atoms with Gasteiger partial charge in [0, 0.05) is 18.5 Å². The number of hydrogen-bond donors (Lipinski definition) is 1. The van der Waals surface area contributed by atoms with Crippen molar-refractivity contribution >= 4 is 17.2 Å². The van der Waals surface area contributed by atoms with Gasteiger partial charge in [-0.3, -0.25) is 4.79 Å². The number of nitrogens with one attached hydrogen (secondary N) is 1. The molecule has 2 aromatic rings. The molecule has 0 aliphatic carbocycles. The van der Waals surface area contributed by atoms with Crippen molar-refractivity contribution in [2.45, 2.75) is 13.0 Å². The average Bonchev–Trinajstić information content (AvgIpc) is 2.93. The molecule has 1 aromatic carbocycles. The largest absolute Gasteiger partial charge is 0.486 e. The number of rotatable bonds is 8. The molecule has 1 amide bonds. The first-order valence-electron chi connectivity index (χ1n) is 7.16. The lowest BCUT2D eigenvalue weighted by Crippen LogP contribution is -2.32. The molecule has 0 radical (unpaired) electrons. The van der Waals surface area contributed by atoms with E-state index in [4.69, 9.17) is 4.74 Å². The van der Waals surface area contributed by atoms with Gasteiger partial charge in [-0.1, -0.05) is 18.2 Å². The SMILES string of the molecule is CN(C)CCNC(=O)Cc1csc(COc2ccccc2)n1. The molecule has 118 valence electrons. The van der Waals surface area contributed by atoms with Crippen LogP contribution in [0.15, 0.2) is 35.7 Å². The molecule has 6 heteroatoms. The number of ether oxygens (including phenoxy) is 1. The number of likely N-dealkylation sites (N-methyl/N-ethyl adjacent to an activating group) is 1. The van der Waals surface area contributed by atoms with Crippen LogP contribution in [-0.2, 0) is 17.8 Å². The fourth-order valence-electron chi connectivity index (χ4n) is 1.80. The summed E-state index contributed by atoms with van der Waals surface area (Å²) >= 11 is 1.52. The van der Waals surface area contributed by atoms with E-state index in [1.165, 1.54) is 11.3 Å². The Morgan fingerprint density at radius 3 is 2.82 bits per heavy atom. The molecule has 0 saturated carbocycles. The number of nitrogens with zero attached hydrogens (tertiary/aromatic N) is 2. The summed E-state index contributed by atoms with van der Waals surface area (Å²) in [7, 11) is 3.96. The first-order chi connectivity index (χ1) is 10.6. The lowest BCUT2D eigenvalue weighted by molar-refractivity contribution is -0.120. The van der Waals surface area contributed by atoms with Gasteiger partial charge < -0.3 is 15.0 Å². The number of benzene rings is 1. The van der Waals surface area contributed by atoms with E-state index in [2.05, 4.69) is 10.3 Å². The maximum absolute atomic E-state index is 11.8. The highest BCUT2D eigenvalue weighted by Gasteiger charge is 2.08. The van der Waals surface area contributed by atoms with Crippen LogP contribution in [0.1, 0.15) is 10.7 Å². The maximum Gasteiger partial charge on any atom is 0.226 e. The monoisotopic (exact) mass is 319 g/mol. The van der Waals surface area contributed by atoms with E-state index in [1.54, 1.807) is 0 Å². The second-order valence-electron chi connectivity index (χ2n) is 5.16. The standard InChI is InChI=1S/C16H21N3O2S/c1-19(2)9-8-17-15(20)10-13-12-22-16(18-13)11-21-14-6-4-3-5-7-14/h3-7,12H,8-11H2,1-2H3,(H,17,20). The third kappa shape index (κ3) is 5.83. The zero-order chi connectivity index (χ0) is 15.8. The third-order valence-corrected chi connectivity index (χ3v) is 3.80. The van der Waals surface area contributed by atoms with Gasteiger partial charge >= 0.3 is 0 Å². The zero-order valence-electron chi connectivity index (χ0n) is 12.9. The van der Waals surface area contributed by atoms with Gasteiger partial charge in [-0.2, -0.15) is 0 Å². The molecule has 0 spiro atoms. The van der Waals surface area contributed by atoms with Gasteiger partial charge in [0.1, 0.15) is 17.4 Å². The number of hydrogen-bond acceptors (Lipinski definition) is 5. The zero-order valence-corrected chi connectivity index (χ0v) is 13.7. The molecule has 5 nitrogen and oxygen atoms in total. The van der Waals surface area contributed by atoms with Crippen molar-refractivity contribution in [3.63, 3.8) is 0 Å². The topological polar surface area (TPSA) is 54.5 Å². The summed E-state index contributed by atoms with van der Waals surface area (Å²) in [5.74, 6) is 0.823. The molecule has 1 heterocycles. The number of carbonyl (C=O) groups is 1. The summed E-state index contributed by atoms with van der Waals surface area (Å²) in [4.78, 5) is 18.2. The maximum atomic E-state index is 11.8. The lowest BCUT2D eigenvalue weighted by Gasteiger charge is -2.09. The molecule has 0 bridgehead atoms. The Balaban J connectivity index is 1.75. The molecule has 1 aromatic heterocycles. The Hall–Kier alpha value is -1.92. The predicted molar refractivity (Wildman–Crippen MR) is 88.2 cm³/mol. The Morgan fingerprint density at radius 2 is 2.09 bits per heavy atom. The van der Waals surface area contributed by atoms with Gasteiger partial charge in [-0.05, 0) is 26.2 Å². The molecule has 0 fully saturated rings. The minimum absolute atomic E-state index is 0.00248. The number of amides is 1. The lowest BCUT2D eigenvalue weighted by atomic mass is 10.3. The number of carbonyl (C=O) groups excluding carboxylic acids is 1. The highest BCUT2D eigenvalue weighted by molar-refractivity contribution is 7.09. The van der Waals surface area contributed by atoms with Crippen molar-refractivity contribution in [1.82, 2.24) is 15.2 Å². The summed E-state index contributed by atoms with van der Waals surface area (Å²) in [6, 6.07) is 9.63. The molecule has 0 aliphatic heterocycles. The normalized spacial score (nSPS) is 10.7. The Bertz CT molecular complexity index is 584. The Kier molecular flexibility index (Phi) is 6.36. The molecule has 0 unspecified atom stereocenters. The van der Waals surface area contributed by atoms with E-state index in [0.717, 1.165) is 23.0 Å². The van der Waals surface area contributed by atoms with Gasteiger partial charge in [0.2, 0.25) is 5.91 Å². The van der Waals surface area contributed by atoms with Crippen LogP contribution < -0.4 is 10.1 Å². The molecule has 1 N–H and O–H groups in total. The van der Waals surface area contributed by atoms with Crippen molar-refractivity contribution in [2.75, 3.05) is 27.2 Å². The highest BCUT2D eigenvalue weighted by atomic mass is 32.1. The summed E-state index contributed by atoms with van der Waals surface area (Å²) in [5, 5.41) is 5.67. The van der Waals surface area contributed by atoms with Gasteiger partial charge in [0.15, 0.2) is 0 Å². The van der Waals surface area contributed by atoms with Crippen LogP contribution in [0, 0.1) is 0 Å². The van der Waals surface area contributed by atoms with Gasteiger partial charge in [0.25, 0.3) is 0 Å². The molecular formula is C16H21N3O2S. The van der Waals surface area contributed by atoms with E-state index >= 15 is 0 Å². The van der Waals surface area contributed by atoms with E-state index in [0.29, 0.717) is 19.6 Å². The molecule has 0 atom stereocenters. The minimum Gasteiger partial charge on any atom is -0.486 e. The van der Waals surface area contributed by atoms with E-state index in [9.17, 15) is 4.79 Å². The molecule has 2 rings (SSSR count). The van der Waals surface area contributed by atoms with Gasteiger partial charge in [-0.25, -0.2) is 4.98 Å². The number of aromatic nitrogens is 1. The summed E-state index contributed by atoms with van der Waals surface area (Å²) in [6.07, 6.45) is 0.315. The quantitative estimate of drug-likeness (QED) is 0.808. The van der Waals surface area contributed by atoms with Crippen LogP contribution in [-0.4, -0.2) is 43.0 Å². The fourth-order valence-corrected chi connectivity index (χ4v) is 2.51. The van der Waals surface area contributed by atoms with Crippen LogP contribution in [0.4, 0.5) is 0 Å². The van der Waals surface area contributed by atoms with E-state index in [-0.39, 0.29) is 5.91 Å². The molecule has 0 aliphatic rings. The second-order valence-corrected chi connectivity index (χ2v) is 6.11. The minimum atomic E-state index is 0.00248. The first-order valence-corrected chi connectivity index (χ1v) is 8.04. The van der Waals surface area contributed by atoms with Crippen molar-refractivity contribution in [3.8, 4) is 5.75 Å². The summed E-state index contributed by atoms with van der Waals surface area (Å²) < 4.78 is 5.64. The Morgan fingerprint density at radius 1 is 1.32 bits per heavy atom. The second kappa shape index (κ2) is 8.51. The fraction of sp³-hybridized carbons (Fsp3) is 0.375. The molecule has 0 saturated heterocycles. The van der Waals surface area contributed by atoms with Crippen LogP contribution in [0.5, 0.6) is 5.75 Å². The molecule has 22 heavy (non-hydrogen) atoms. The molecular weight excluding hydrogens is 298 g/mol. The van der Waals surface area contributed by atoms with Crippen LogP contribution in [0.2, 0.25) is 0 Å². The van der Waals surface area contributed by atoms with Crippen molar-refractivity contribution in [1.29, 1.82) is 0 Å². The first kappa shape index (κ1) is 16.5. The number of thiazole rings is 1. The van der Waals surface area contributed by atoms with E-state index in [1.807, 2.05) is 54.7 Å². The van der Waals surface area contributed by atoms with Gasteiger partial charge in [-0.15, -0.1) is 11.3 Å². The number of para-hydroxylation sites is 1. The summed E-state index contributed by atoms with van der Waals surface area (Å²) in [5.41, 5.74) is 0.791. The van der Waals surface area contributed by atoms with Crippen molar-refractivity contribution in [2.24, 2.45) is 0 Å². The summed E-state index contributed by atoms with van der Waals surface area (Å²) in [6.45, 7) is 1.91. The van der Waals surface area contributed by atoms with Crippen molar-refractivity contribution in [3.05, 3.63) is 46.4 Å². The van der Waals surface area contributed by atoms with E-state index < -0.39 is 0 Å². The Labute approximate surface area is 134 Å². The van der Waals surface area contributed by atoms with Crippen LogP contribution >= 0.6 is 11.3 Å². The van der Waals surface area contributed by atoms with Crippen LogP contribution in [0.3, 0.4) is 0 Å². The predicted octanol–water partition coefficient (Wildman–Crippen LogP) is 1.94. The van der Waals surface area contributed by atoms with Crippen LogP contribution in [0.25, 0.3) is 0 Å². The van der Waals surface area contributed by atoms with Crippen molar-refractivity contribution < 1.29 is 9.53 Å².